The molecule has 0 saturated carbocycles. The first-order chi connectivity index (χ1) is 9.16. The number of nitrogens with zero attached hydrogens (tertiary/aromatic N) is 2. The molecule has 106 valence electrons. The zero-order valence-electron chi connectivity index (χ0n) is 12.2. The van der Waals surface area contributed by atoms with Gasteiger partial charge in [-0.2, -0.15) is 11.8 Å². The van der Waals surface area contributed by atoms with E-state index in [0.717, 1.165) is 31.4 Å². The van der Waals surface area contributed by atoms with Crippen LogP contribution in [0.5, 0.6) is 0 Å². The van der Waals surface area contributed by atoms with Gasteiger partial charge >= 0.3 is 0 Å². The van der Waals surface area contributed by atoms with Crippen LogP contribution in [0.15, 0.2) is 18.5 Å². The van der Waals surface area contributed by atoms with Crippen molar-refractivity contribution in [3.05, 3.63) is 24.0 Å². The maximum atomic E-state index is 4.29. The molecule has 1 atom stereocenters. The van der Waals surface area contributed by atoms with Gasteiger partial charge in [0.15, 0.2) is 0 Å². The maximum absolute atomic E-state index is 4.29. The molecule has 0 radical (unpaired) electrons. The number of hydrogen-bond donors (Lipinski definition) is 1. The van der Waals surface area contributed by atoms with E-state index in [0.29, 0.717) is 5.92 Å². The van der Waals surface area contributed by atoms with Crippen molar-refractivity contribution in [1.82, 2.24) is 10.3 Å². The molecule has 1 saturated heterocycles. The van der Waals surface area contributed by atoms with Gasteiger partial charge in [0.05, 0.1) is 0 Å². The van der Waals surface area contributed by atoms with Gasteiger partial charge in [-0.05, 0) is 18.5 Å². The third-order valence-corrected chi connectivity index (χ3v) is 4.46. The topological polar surface area (TPSA) is 28.2 Å². The first-order valence-electron chi connectivity index (χ1n) is 7.17. The van der Waals surface area contributed by atoms with Crippen molar-refractivity contribution < 1.29 is 0 Å². The van der Waals surface area contributed by atoms with Crippen LogP contribution in [0.25, 0.3) is 0 Å². The van der Waals surface area contributed by atoms with Gasteiger partial charge in [0.2, 0.25) is 0 Å². The highest BCUT2D eigenvalue weighted by molar-refractivity contribution is 8.00. The third-order valence-electron chi connectivity index (χ3n) is 3.33. The van der Waals surface area contributed by atoms with Crippen molar-refractivity contribution in [1.29, 1.82) is 0 Å². The molecule has 0 aliphatic carbocycles. The quantitative estimate of drug-likeness (QED) is 0.897. The van der Waals surface area contributed by atoms with E-state index in [1.54, 1.807) is 0 Å². The number of thioether (sulfide) groups is 1. The van der Waals surface area contributed by atoms with Gasteiger partial charge in [0, 0.05) is 54.3 Å². The lowest BCUT2D eigenvalue weighted by Gasteiger charge is -2.33. The normalized spacial score (nSPS) is 20.0. The summed E-state index contributed by atoms with van der Waals surface area (Å²) in [5.41, 5.74) is 2.68. The summed E-state index contributed by atoms with van der Waals surface area (Å²) >= 11 is 2.07. The number of anilines is 1. The lowest BCUT2D eigenvalue weighted by Crippen LogP contribution is -2.37. The van der Waals surface area contributed by atoms with Gasteiger partial charge in [-0.1, -0.05) is 20.8 Å². The Morgan fingerprint density at radius 2 is 2.37 bits per heavy atom. The smallest absolute Gasteiger partial charge is 0.0443 e. The van der Waals surface area contributed by atoms with E-state index >= 15 is 0 Å². The van der Waals surface area contributed by atoms with Crippen molar-refractivity contribution in [3.8, 4) is 0 Å². The molecule has 4 heteroatoms. The highest BCUT2D eigenvalue weighted by Crippen LogP contribution is 2.26. The third kappa shape index (κ3) is 4.39. The molecule has 0 bridgehead atoms. The van der Waals surface area contributed by atoms with Gasteiger partial charge in [-0.15, -0.1) is 0 Å². The van der Waals surface area contributed by atoms with Gasteiger partial charge < -0.3 is 10.2 Å². The number of hydrogen-bond acceptors (Lipinski definition) is 4. The number of rotatable bonds is 5. The summed E-state index contributed by atoms with van der Waals surface area (Å²) in [6.07, 6.45) is 3.92. The summed E-state index contributed by atoms with van der Waals surface area (Å²) in [5.74, 6) is 1.91. The van der Waals surface area contributed by atoms with Crippen molar-refractivity contribution in [2.45, 2.75) is 32.6 Å². The molecule has 2 heterocycles. The van der Waals surface area contributed by atoms with Gasteiger partial charge in [0.25, 0.3) is 0 Å². The second-order valence-electron chi connectivity index (χ2n) is 5.66. The molecule has 0 aromatic carbocycles. The van der Waals surface area contributed by atoms with Crippen LogP contribution in [-0.2, 0) is 6.54 Å². The Morgan fingerprint density at radius 3 is 3.11 bits per heavy atom. The van der Waals surface area contributed by atoms with Gasteiger partial charge in [0.1, 0.15) is 0 Å². The van der Waals surface area contributed by atoms with Crippen molar-refractivity contribution >= 4 is 17.4 Å². The summed E-state index contributed by atoms with van der Waals surface area (Å²) in [7, 11) is 0. The Hall–Kier alpha value is -0.740. The molecule has 0 amide bonds. The lowest BCUT2D eigenvalue weighted by atomic mass is 10.2. The minimum absolute atomic E-state index is 0.687. The Morgan fingerprint density at radius 1 is 1.53 bits per heavy atom. The SMILES string of the molecule is CC(C)CNCc1cnccc1N1CCSC(C)C1. The minimum atomic E-state index is 0.687. The molecule has 1 aliphatic rings. The molecule has 2 rings (SSSR count). The van der Waals surface area contributed by atoms with Gasteiger partial charge in [-0.25, -0.2) is 0 Å². The summed E-state index contributed by atoms with van der Waals surface area (Å²) in [5, 5.41) is 4.24. The average Bonchev–Trinajstić information content (AvgIpc) is 2.39. The standard InChI is InChI=1S/C15H25N3S/c1-12(2)8-17-10-14-9-16-5-4-15(14)18-6-7-19-13(3)11-18/h4-5,9,12-13,17H,6-8,10-11H2,1-3H3. The van der Waals surface area contributed by atoms with E-state index in [2.05, 4.69) is 53.8 Å². The Balaban J connectivity index is 2.02. The van der Waals surface area contributed by atoms with Crippen molar-refractivity contribution in [2.75, 3.05) is 30.3 Å². The summed E-state index contributed by atoms with van der Waals surface area (Å²) in [6, 6.07) is 2.16. The van der Waals surface area contributed by atoms with Crippen LogP contribution in [0.2, 0.25) is 0 Å². The fraction of sp³-hybridized carbons (Fsp3) is 0.667. The fourth-order valence-corrected chi connectivity index (χ4v) is 3.41. The highest BCUT2D eigenvalue weighted by Gasteiger charge is 2.19. The number of aromatic nitrogens is 1. The molecule has 1 N–H and O–H groups in total. The van der Waals surface area contributed by atoms with Crippen LogP contribution >= 0.6 is 11.8 Å². The molecule has 3 nitrogen and oxygen atoms in total. The monoisotopic (exact) mass is 279 g/mol. The maximum Gasteiger partial charge on any atom is 0.0443 e. The van der Waals surface area contributed by atoms with Crippen molar-refractivity contribution in [2.24, 2.45) is 5.92 Å². The molecule has 0 spiro atoms. The number of pyridine rings is 1. The largest absolute Gasteiger partial charge is 0.369 e. The second-order valence-corrected chi connectivity index (χ2v) is 7.20. The lowest BCUT2D eigenvalue weighted by molar-refractivity contribution is 0.551. The van der Waals surface area contributed by atoms with Crippen LogP contribution in [0.1, 0.15) is 26.3 Å². The molecule has 1 aromatic heterocycles. The van der Waals surface area contributed by atoms with E-state index in [1.165, 1.54) is 17.0 Å². The van der Waals surface area contributed by atoms with Crippen LogP contribution in [0.4, 0.5) is 5.69 Å². The molecule has 1 fully saturated rings. The zero-order valence-corrected chi connectivity index (χ0v) is 13.0. The van der Waals surface area contributed by atoms with Gasteiger partial charge in [-0.3, -0.25) is 4.98 Å². The predicted molar refractivity (Wildman–Crippen MR) is 84.9 cm³/mol. The van der Waals surface area contributed by atoms with Crippen molar-refractivity contribution in [3.63, 3.8) is 0 Å². The first kappa shape index (κ1) is 14.7. The van der Waals surface area contributed by atoms with Crippen LogP contribution in [0.3, 0.4) is 0 Å². The number of nitrogens with one attached hydrogen (secondary N) is 1. The van der Waals surface area contributed by atoms with Crippen LogP contribution < -0.4 is 10.2 Å². The van der Waals surface area contributed by atoms with E-state index in [9.17, 15) is 0 Å². The van der Waals surface area contributed by atoms with Crippen LogP contribution in [0, 0.1) is 5.92 Å². The molecule has 1 aliphatic heterocycles. The Labute approximate surface area is 121 Å². The second kappa shape index (κ2) is 7.15. The van der Waals surface area contributed by atoms with E-state index < -0.39 is 0 Å². The molecule has 1 aromatic rings. The van der Waals surface area contributed by atoms with E-state index in [4.69, 9.17) is 0 Å². The Bertz CT molecular complexity index is 395. The van der Waals surface area contributed by atoms with E-state index in [1.807, 2.05) is 12.4 Å². The molecule has 19 heavy (non-hydrogen) atoms. The summed E-state index contributed by atoms with van der Waals surface area (Å²) in [6.45, 7) is 11.1. The zero-order chi connectivity index (χ0) is 13.7. The summed E-state index contributed by atoms with van der Waals surface area (Å²) in [4.78, 5) is 6.79. The molecular weight excluding hydrogens is 254 g/mol. The van der Waals surface area contributed by atoms with Crippen LogP contribution in [-0.4, -0.2) is 35.6 Å². The van der Waals surface area contributed by atoms with E-state index in [-0.39, 0.29) is 0 Å². The minimum Gasteiger partial charge on any atom is -0.369 e. The average molecular weight is 279 g/mol. The molecule has 1 unspecified atom stereocenters. The highest BCUT2D eigenvalue weighted by atomic mass is 32.2. The first-order valence-corrected chi connectivity index (χ1v) is 8.22. The molecular formula is C15H25N3S. The fourth-order valence-electron chi connectivity index (χ4n) is 2.40. The predicted octanol–water partition coefficient (Wildman–Crippen LogP) is 2.77. The summed E-state index contributed by atoms with van der Waals surface area (Å²) < 4.78 is 0. The Kier molecular flexibility index (Phi) is 5.52.